The first kappa shape index (κ1) is 22.5. The number of carbonyl (C=O) groups is 1. The molecular weight excluding hydrogens is 424 g/mol. The predicted octanol–water partition coefficient (Wildman–Crippen LogP) is 2.65. The SMILES string of the molecule is COc1ccc(C#CC(O)(C(=O)Nc2ccc3c(=O)onc(C)c3c2)C2CCOCC2)cc1. The van der Waals surface area contributed by atoms with Gasteiger partial charge in [-0.25, -0.2) is 4.79 Å². The summed E-state index contributed by atoms with van der Waals surface area (Å²) < 4.78 is 15.3. The lowest BCUT2D eigenvalue weighted by atomic mass is 9.81. The maximum Gasteiger partial charge on any atom is 0.366 e. The van der Waals surface area contributed by atoms with Crippen LogP contribution in [0, 0.1) is 24.7 Å². The van der Waals surface area contributed by atoms with Crippen LogP contribution in [0.4, 0.5) is 5.69 Å². The van der Waals surface area contributed by atoms with Crippen LogP contribution < -0.4 is 15.7 Å². The molecular formula is C25H24N2O6. The second kappa shape index (κ2) is 9.45. The minimum atomic E-state index is -1.93. The summed E-state index contributed by atoms with van der Waals surface area (Å²) in [5.41, 5.74) is -0.910. The van der Waals surface area contributed by atoms with Gasteiger partial charge >= 0.3 is 5.63 Å². The number of aromatic nitrogens is 1. The molecule has 0 saturated carbocycles. The van der Waals surface area contributed by atoms with Crippen molar-refractivity contribution >= 4 is 22.4 Å². The van der Waals surface area contributed by atoms with Crippen LogP contribution in [-0.2, 0) is 9.53 Å². The molecule has 1 unspecified atom stereocenters. The van der Waals surface area contributed by atoms with E-state index in [4.69, 9.17) is 14.0 Å². The van der Waals surface area contributed by atoms with E-state index in [9.17, 15) is 14.7 Å². The van der Waals surface area contributed by atoms with Crippen molar-refractivity contribution in [3.63, 3.8) is 0 Å². The van der Waals surface area contributed by atoms with Crippen LogP contribution in [0.2, 0.25) is 0 Å². The van der Waals surface area contributed by atoms with Crippen molar-refractivity contribution < 1.29 is 23.9 Å². The lowest BCUT2D eigenvalue weighted by molar-refractivity contribution is -0.136. The number of amides is 1. The normalized spacial score (nSPS) is 15.8. The Balaban J connectivity index is 1.66. The topological polar surface area (TPSA) is 111 Å². The largest absolute Gasteiger partial charge is 0.497 e. The summed E-state index contributed by atoms with van der Waals surface area (Å²) in [6.45, 7) is 2.59. The fraction of sp³-hybridized carbons (Fsp3) is 0.320. The maximum absolute atomic E-state index is 13.3. The number of anilines is 1. The molecule has 2 aromatic carbocycles. The summed E-state index contributed by atoms with van der Waals surface area (Å²) in [6.07, 6.45) is 1.01. The Morgan fingerprint density at radius 1 is 1.18 bits per heavy atom. The Bertz CT molecular complexity index is 1280. The quantitative estimate of drug-likeness (QED) is 0.591. The molecule has 33 heavy (non-hydrogen) atoms. The van der Waals surface area contributed by atoms with Gasteiger partial charge < -0.3 is 24.4 Å². The summed E-state index contributed by atoms with van der Waals surface area (Å²) in [6, 6.07) is 11.8. The van der Waals surface area contributed by atoms with Crippen molar-refractivity contribution in [3.05, 3.63) is 64.1 Å². The number of methoxy groups -OCH3 is 1. The molecule has 2 N–H and O–H groups in total. The second-order valence-corrected chi connectivity index (χ2v) is 7.90. The average molecular weight is 448 g/mol. The van der Waals surface area contributed by atoms with Crippen molar-refractivity contribution in [1.82, 2.24) is 5.16 Å². The highest BCUT2D eigenvalue weighted by molar-refractivity contribution is 6.01. The van der Waals surface area contributed by atoms with E-state index < -0.39 is 23.1 Å². The van der Waals surface area contributed by atoms with E-state index >= 15 is 0 Å². The number of aliphatic hydroxyl groups is 1. The molecule has 3 aromatic rings. The van der Waals surface area contributed by atoms with Crippen LogP contribution in [0.1, 0.15) is 24.1 Å². The fourth-order valence-electron chi connectivity index (χ4n) is 3.84. The molecule has 0 spiro atoms. The third-order valence-electron chi connectivity index (χ3n) is 5.80. The van der Waals surface area contributed by atoms with Crippen molar-refractivity contribution in [2.24, 2.45) is 5.92 Å². The first-order chi connectivity index (χ1) is 15.9. The second-order valence-electron chi connectivity index (χ2n) is 7.90. The zero-order chi connectivity index (χ0) is 23.4. The number of aryl methyl sites for hydroxylation is 1. The lowest BCUT2D eigenvalue weighted by Crippen LogP contribution is -2.50. The Morgan fingerprint density at radius 3 is 2.61 bits per heavy atom. The van der Waals surface area contributed by atoms with E-state index in [0.29, 0.717) is 59.5 Å². The van der Waals surface area contributed by atoms with Gasteiger partial charge in [-0.2, -0.15) is 0 Å². The molecule has 0 radical (unpaired) electrons. The van der Waals surface area contributed by atoms with Gasteiger partial charge in [0.25, 0.3) is 5.91 Å². The van der Waals surface area contributed by atoms with Crippen molar-refractivity contribution in [2.45, 2.75) is 25.4 Å². The summed E-state index contributed by atoms with van der Waals surface area (Å²) >= 11 is 0. The highest BCUT2D eigenvalue weighted by Crippen LogP contribution is 2.29. The van der Waals surface area contributed by atoms with Gasteiger partial charge in [0.15, 0.2) is 0 Å². The smallest absolute Gasteiger partial charge is 0.366 e. The number of fused-ring (bicyclic) bond motifs is 1. The van der Waals surface area contributed by atoms with Crippen LogP contribution in [0.3, 0.4) is 0 Å². The van der Waals surface area contributed by atoms with Gasteiger partial charge in [-0.3, -0.25) is 4.79 Å². The van der Waals surface area contributed by atoms with Crippen LogP contribution in [-0.4, -0.2) is 42.1 Å². The Morgan fingerprint density at radius 2 is 1.91 bits per heavy atom. The fourth-order valence-corrected chi connectivity index (χ4v) is 3.84. The third-order valence-corrected chi connectivity index (χ3v) is 5.80. The molecule has 1 aliphatic rings. The van der Waals surface area contributed by atoms with Gasteiger partial charge in [0.05, 0.1) is 18.2 Å². The number of ether oxygens (including phenoxy) is 2. The van der Waals surface area contributed by atoms with Crippen molar-refractivity contribution in [1.29, 1.82) is 0 Å². The molecule has 1 fully saturated rings. The number of nitrogens with one attached hydrogen (secondary N) is 1. The number of hydrogen-bond acceptors (Lipinski definition) is 7. The van der Waals surface area contributed by atoms with Crippen LogP contribution in [0.5, 0.6) is 5.75 Å². The monoisotopic (exact) mass is 448 g/mol. The molecule has 170 valence electrons. The van der Waals surface area contributed by atoms with Gasteiger partial charge in [-0.1, -0.05) is 17.0 Å². The molecule has 0 bridgehead atoms. The molecule has 1 amide bonds. The summed E-state index contributed by atoms with van der Waals surface area (Å²) in [5.74, 6) is 5.40. The van der Waals surface area contributed by atoms with Gasteiger partial charge in [-0.15, -0.1) is 0 Å². The maximum atomic E-state index is 13.3. The molecule has 1 aromatic heterocycles. The number of carbonyl (C=O) groups excluding carboxylic acids is 1. The van der Waals surface area contributed by atoms with Gasteiger partial charge in [0.1, 0.15) is 5.75 Å². The average Bonchev–Trinajstić information content (AvgIpc) is 2.85. The van der Waals surface area contributed by atoms with Crippen LogP contribution in [0.15, 0.2) is 51.8 Å². The van der Waals surface area contributed by atoms with Crippen LogP contribution >= 0.6 is 0 Å². The number of hydrogen-bond donors (Lipinski definition) is 2. The van der Waals surface area contributed by atoms with E-state index in [-0.39, 0.29) is 0 Å². The molecule has 4 rings (SSSR count). The molecule has 1 aliphatic heterocycles. The number of nitrogens with zero attached hydrogens (tertiary/aromatic N) is 1. The molecule has 8 nitrogen and oxygen atoms in total. The molecule has 2 heterocycles. The zero-order valence-electron chi connectivity index (χ0n) is 18.4. The van der Waals surface area contributed by atoms with E-state index in [1.165, 1.54) is 0 Å². The van der Waals surface area contributed by atoms with E-state index in [2.05, 4.69) is 22.3 Å². The molecule has 1 atom stereocenters. The van der Waals surface area contributed by atoms with Gasteiger partial charge in [0, 0.05) is 35.8 Å². The highest BCUT2D eigenvalue weighted by Gasteiger charge is 2.43. The molecule has 1 saturated heterocycles. The first-order valence-corrected chi connectivity index (χ1v) is 10.6. The summed E-state index contributed by atoms with van der Waals surface area (Å²) in [4.78, 5) is 25.2. The minimum absolute atomic E-state index is 0.361. The third kappa shape index (κ3) is 4.75. The highest BCUT2D eigenvalue weighted by atomic mass is 16.5. The first-order valence-electron chi connectivity index (χ1n) is 10.6. The zero-order valence-corrected chi connectivity index (χ0v) is 18.4. The summed E-state index contributed by atoms with van der Waals surface area (Å²) in [5, 5.41) is 18.9. The Kier molecular flexibility index (Phi) is 6.45. The number of rotatable bonds is 4. The summed E-state index contributed by atoms with van der Waals surface area (Å²) in [7, 11) is 1.58. The van der Waals surface area contributed by atoms with Crippen molar-refractivity contribution in [2.75, 3.05) is 25.6 Å². The lowest BCUT2D eigenvalue weighted by Gasteiger charge is -2.33. The van der Waals surface area contributed by atoms with Crippen molar-refractivity contribution in [3.8, 4) is 17.6 Å². The Labute approximate surface area is 190 Å². The van der Waals surface area contributed by atoms with E-state index in [1.54, 1.807) is 56.5 Å². The Hall–Kier alpha value is -3.67. The van der Waals surface area contributed by atoms with E-state index in [0.717, 1.165) is 0 Å². The van der Waals surface area contributed by atoms with E-state index in [1.807, 2.05) is 0 Å². The number of benzene rings is 2. The molecule has 8 heteroatoms. The molecule has 0 aliphatic carbocycles. The van der Waals surface area contributed by atoms with Crippen LogP contribution in [0.25, 0.3) is 10.8 Å². The minimum Gasteiger partial charge on any atom is -0.497 e. The van der Waals surface area contributed by atoms with Gasteiger partial charge in [0.2, 0.25) is 5.60 Å². The predicted molar refractivity (Wildman–Crippen MR) is 122 cm³/mol. The standard InChI is InChI=1S/C25H24N2O6/c1-16-22-15-19(5-8-21(22)23(28)33-27-16)26-24(29)25(30,18-10-13-32-14-11-18)12-9-17-3-6-20(31-2)7-4-17/h3-8,15,18,30H,10-11,13-14H2,1-2H3,(H,26,29). The van der Waals surface area contributed by atoms with Gasteiger partial charge in [-0.05, 0) is 62.2 Å².